The maximum atomic E-state index is 2.77. The van der Waals surface area contributed by atoms with E-state index in [0.717, 1.165) is 35.0 Å². The molecule has 3 atom stereocenters. The lowest BCUT2D eigenvalue weighted by Crippen LogP contribution is -2.36. The average molecular weight is 363 g/mol. The second-order valence-corrected chi connectivity index (χ2v) is 10.3. The van der Waals surface area contributed by atoms with Gasteiger partial charge in [0.1, 0.15) is 0 Å². The fraction of sp³-hybridized carbons (Fsp3) is 0.917. The first kappa shape index (κ1) is 20.4. The molecule has 3 unspecified atom stereocenters. The number of fused-ring (bicyclic) bond motifs is 2. The van der Waals surface area contributed by atoms with Gasteiger partial charge in [-0.25, -0.2) is 0 Å². The topological polar surface area (TPSA) is 63.0 Å². The van der Waals surface area contributed by atoms with Crippen molar-refractivity contribution in [3.8, 4) is 0 Å². The van der Waals surface area contributed by atoms with Crippen LogP contribution in [0.4, 0.5) is 0 Å². The summed E-state index contributed by atoms with van der Waals surface area (Å²) in [6.45, 7) is 0. The lowest BCUT2D eigenvalue weighted by atomic mass is 9.59. The zero-order chi connectivity index (χ0) is 16.0. The van der Waals surface area contributed by atoms with Gasteiger partial charge in [0.25, 0.3) is 0 Å². The van der Waals surface area contributed by atoms with E-state index in [1.807, 2.05) is 5.57 Å². The number of rotatable bonds is 2. The van der Waals surface area contributed by atoms with E-state index in [1.54, 1.807) is 57.8 Å². The van der Waals surface area contributed by atoms with E-state index >= 15 is 0 Å². The SMILES string of the molecule is C1=C(C2CCC(C3CCCCC3)CC2)CCC2(C1)CCC1CCC12.O.O. The van der Waals surface area contributed by atoms with Crippen molar-refractivity contribution in [2.24, 2.45) is 35.0 Å². The molecule has 26 heavy (non-hydrogen) atoms. The maximum absolute atomic E-state index is 2.77. The van der Waals surface area contributed by atoms with Crippen molar-refractivity contribution in [1.82, 2.24) is 0 Å². The predicted molar refractivity (Wildman–Crippen MR) is 109 cm³/mol. The molecule has 0 aromatic carbocycles. The Bertz CT molecular complexity index is 484. The van der Waals surface area contributed by atoms with Crippen molar-refractivity contribution in [1.29, 1.82) is 0 Å². The Hall–Kier alpha value is -0.340. The Morgan fingerprint density at radius 2 is 1.35 bits per heavy atom. The summed E-state index contributed by atoms with van der Waals surface area (Å²) in [6.07, 6.45) is 27.4. The van der Waals surface area contributed by atoms with E-state index in [9.17, 15) is 0 Å². The standard InChI is InChI=1S/C24H38.2H2O/c1-2-4-18(5-3-1)19-6-8-20(9-7-19)21-12-15-24(16-13-21)17-14-22-10-11-23(22)24;;/h12,18-20,22-23H,1-11,13-17H2;2*1H2. The minimum absolute atomic E-state index is 0. The third kappa shape index (κ3) is 3.53. The summed E-state index contributed by atoms with van der Waals surface area (Å²) in [5, 5.41) is 0. The molecular weight excluding hydrogens is 320 g/mol. The highest BCUT2D eigenvalue weighted by Crippen LogP contribution is 2.63. The molecule has 5 rings (SSSR count). The second kappa shape index (κ2) is 8.35. The van der Waals surface area contributed by atoms with E-state index in [2.05, 4.69) is 6.08 Å². The normalized spacial score (nSPS) is 42.8. The van der Waals surface area contributed by atoms with Gasteiger partial charge in [0.2, 0.25) is 0 Å². The van der Waals surface area contributed by atoms with E-state index in [0.29, 0.717) is 0 Å². The van der Waals surface area contributed by atoms with Crippen molar-refractivity contribution in [3.05, 3.63) is 11.6 Å². The van der Waals surface area contributed by atoms with E-state index in [1.165, 1.54) is 44.9 Å². The van der Waals surface area contributed by atoms with Crippen LogP contribution >= 0.6 is 0 Å². The van der Waals surface area contributed by atoms with Crippen LogP contribution in [0.3, 0.4) is 0 Å². The molecule has 1 spiro atoms. The summed E-state index contributed by atoms with van der Waals surface area (Å²) in [7, 11) is 0. The predicted octanol–water partition coefficient (Wildman–Crippen LogP) is 5.64. The summed E-state index contributed by atoms with van der Waals surface area (Å²) < 4.78 is 0. The minimum Gasteiger partial charge on any atom is -0.412 e. The minimum atomic E-state index is 0. The summed E-state index contributed by atoms with van der Waals surface area (Å²) in [4.78, 5) is 0. The Kier molecular flexibility index (Phi) is 6.55. The molecule has 5 aliphatic carbocycles. The van der Waals surface area contributed by atoms with Crippen LogP contribution in [0, 0.1) is 35.0 Å². The van der Waals surface area contributed by atoms with E-state index in [4.69, 9.17) is 0 Å². The smallest absolute Gasteiger partial charge is 0.0203 e. The molecule has 4 N–H and O–H groups in total. The highest BCUT2D eigenvalue weighted by molar-refractivity contribution is 5.17. The molecule has 4 saturated carbocycles. The van der Waals surface area contributed by atoms with Gasteiger partial charge in [0.15, 0.2) is 0 Å². The molecular formula is C24H42O2. The van der Waals surface area contributed by atoms with Gasteiger partial charge in [-0.1, -0.05) is 43.8 Å². The van der Waals surface area contributed by atoms with Crippen LogP contribution in [-0.4, -0.2) is 11.0 Å². The quantitative estimate of drug-likeness (QED) is 0.571. The summed E-state index contributed by atoms with van der Waals surface area (Å²) in [5.74, 6) is 5.48. The molecule has 0 radical (unpaired) electrons. The molecule has 5 aliphatic rings. The van der Waals surface area contributed by atoms with Crippen LogP contribution in [0.25, 0.3) is 0 Å². The zero-order valence-corrected chi connectivity index (χ0v) is 16.8. The van der Waals surface area contributed by atoms with E-state index < -0.39 is 0 Å². The largest absolute Gasteiger partial charge is 0.412 e. The Balaban J connectivity index is 0.000000980. The van der Waals surface area contributed by atoms with Gasteiger partial charge < -0.3 is 11.0 Å². The molecule has 0 amide bonds. The van der Waals surface area contributed by atoms with Gasteiger partial charge in [-0.3, -0.25) is 0 Å². The van der Waals surface area contributed by atoms with Crippen molar-refractivity contribution in [3.63, 3.8) is 0 Å². The highest BCUT2D eigenvalue weighted by atomic mass is 16.0. The van der Waals surface area contributed by atoms with Crippen molar-refractivity contribution in [2.45, 2.75) is 103 Å². The number of hydrogen-bond donors (Lipinski definition) is 0. The molecule has 4 fully saturated rings. The molecule has 0 heterocycles. The van der Waals surface area contributed by atoms with E-state index in [-0.39, 0.29) is 11.0 Å². The van der Waals surface area contributed by atoms with Gasteiger partial charge >= 0.3 is 0 Å². The third-order valence-corrected chi connectivity index (χ3v) is 9.51. The third-order valence-electron chi connectivity index (χ3n) is 9.51. The van der Waals surface area contributed by atoms with Crippen molar-refractivity contribution < 1.29 is 11.0 Å². The maximum Gasteiger partial charge on any atom is -0.0203 e. The van der Waals surface area contributed by atoms with Crippen molar-refractivity contribution in [2.75, 3.05) is 0 Å². The summed E-state index contributed by atoms with van der Waals surface area (Å²) >= 11 is 0. The Morgan fingerprint density at radius 1 is 0.654 bits per heavy atom. The molecule has 0 aromatic heterocycles. The molecule has 2 heteroatoms. The molecule has 0 bridgehead atoms. The van der Waals surface area contributed by atoms with Crippen LogP contribution in [0.2, 0.25) is 0 Å². The molecule has 0 aromatic rings. The summed E-state index contributed by atoms with van der Waals surface area (Å²) in [5.41, 5.74) is 2.69. The summed E-state index contributed by atoms with van der Waals surface area (Å²) in [6, 6.07) is 0. The lowest BCUT2D eigenvalue weighted by Gasteiger charge is -2.46. The highest BCUT2D eigenvalue weighted by Gasteiger charge is 2.52. The van der Waals surface area contributed by atoms with Crippen molar-refractivity contribution >= 4 is 0 Å². The van der Waals surface area contributed by atoms with Crippen LogP contribution in [-0.2, 0) is 0 Å². The molecule has 0 saturated heterocycles. The van der Waals surface area contributed by atoms with Gasteiger partial charge in [0, 0.05) is 0 Å². The van der Waals surface area contributed by atoms with Crippen LogP contribution in [0.15, 0.2) is 11.6 Å². The van der Waals surface area contributed by atoms with Gasteiger partial charge in [0.05, 0.1) is 0 Å². The Morgan fingerprint density at radius 3 is 1.92 bits per heavy atom. The molecule has 2 nitrogen and oxygen atoms in total. The number of hydrogen-bond acceptors (Lipinski definition) is 0. The number of allylic oxidation sites excluding steroid dienone is 2. The lowest BCUT2D eigenvalue weighted by molar-refractivity contribution is 0.0714. The van der Waals surface area contributed by atoms with Gasteiger partial charge in [-0.2, -0.15) is 0 Å². The van der Waals surface area contributed by atoms with Crippen LogP contribution in [0.1, 0.15) is 103 Å². The second-order valence-electron chi connectivity index (χ2n) is 10.3. The Labute approximate surface area is 160 Å². The zero-order valence-electron chi connectivity index (χ0n) is 16.8. The van der Waals surface area contributed by atoms with Crippen LogP contribution in [0.5, 0.6) is 0 Å². The molecule has 150 valence electrons. The fourth-order valence-electron chi connectivity index (χ4n) is 7.81. The first-order valence-electron chi connectivity index (χ1n) is 11.5. The first-order valence-corrected chi connectivity index (χ1v) is 11.5. The van der Waals surface area contributed by atoms with Crippen LogP contribution < -0.4 is 0 Å². The fourth-order valence-corrected chi connectivity index (χ4v) is 7.81. The van der Waals surface area contributed by atoms with Gasteiger partial charge in [-0.15, -0.1) is 0 Å². The monoisotopic (exact) mass is 362 g/mol. The molecule has 0 aliphatic heterocycles. The van der Waals surface area contributed by atoms with Gasteiger partial charge in [-0.05, 0) is 106 Å². The first-order chi connectivity index (χ1) is 11.8. The average Bonchev–Trinajstić information content (AvgIpc) is 2.86.